The number of aromatic amines is 1. The molecule has 2 aromatic rings. The summed E-state index contributed by atoms with van der Waals surface area (Å²) in [4.78, 5) is 14.5. The molecule has 5 nitrogen and oxygen atoms in total. The SMILES string of the molecule is CC(C)c1nnc(NC(=O)c2ccc[nH]2)s1. The molecule has 6 heteroatoms. The van der Waals surface area contributed by atoms with Crippen LogP contribution in [-0.2, 0) is 0 Å². The number of carbonyl (C=O) groups is 1. The van der Waals surface area contributed by atoms with Gasteiger partial charge in [0.25, 0.3) is 5.91 Å². The van der Waals surface area contributed by atoms with Crippen molar-refractivity contribution in [2.75, 3.05) is 5.32 Å². The molecule has 0 aliphatic carbocycles. The summed E-state index contributed by atoms with van der Waals surface area (Å²) in [7, 11) is 0. The summed E-state index contributed by atoms with van der Waals surface area (Å²) < 4.78 is 0. The minimum absolute atomic E-state index is 0.198. The summed E-state index contributed by atoms with van der Waals surface area (Å²) in [5.41, 5.74) is 0.515. The van der Waals surface area contributed by atoms with Crippen LogP contribution in [0.3, 0.4) is 0 Å². The second kappa shape index (κ2) is 4.44. The van der Waals surface area contributed by atoms with Crippen LogP contribution in [0.2, 0.25) is 0 Å². The van der Waals surface area contributed by atoms with Crippen LogP contribution in [0, 0.1) is 0 Å². The Morgan fingerprint density at radius 3 is 2.88 bits per heavy atom. The van der Waals surface area contributed by atoms with Crippen LogP contribution in [0.25, 0.3) is 0 Å². The molecule has 0 radical (unpaired) electrons. The molecule has 16 heavy (non-hydrogen) atoms. The zero-order valence-corrected chi connectivity index (χ0v) is 9.84. The highest BCUT2D eigenvalue weighted by Gasteiger charge is 2.11. The Kier molecular flexibility index (Phi) is 3.00. The number of H-pyrrole nitrogens is 1. The molecule has 2 heterocycles. The van der Waals surface area contributed by atoms with E-state index in [1.165, 1.54) is 11.3 Å². The van der Waals surface area contributed by atoms with Crippen molar-refractivity contribution < 1.29 is 4.79 Å². The molecule has 0 bridgehead atoms. The second-order valence-electron chi connectivity index (χ2n) is 3.64. The monoisotopic (exact) mass is 236 g/mol. The first-order valence-electron chi connectivity index (χ1n) is 4.95. The average molecular weight is 236 g/mol. The lowest BCUT2D eigenvalue weighted by Gasteiger charge is -1.97. The number of hydrogen-bond donors (Lipinski definition) is 2. The molecule has 2 aromatic heterocycles. The summed E-state index contributed by atoms with van der Waals surface area (Å²) in [5.74, 6) is 0.130. The Balaban J connectivity index is 2.07. The minimum atomic E-state index is -0.198. The van der Waals surface area contributed by atoms with Crippen molar-refractivity contribution in [2.24, 2.45) is 0 Å². The van der Waals surface area contributed by atoms with E-state index in [0.29, 0.717) is 16.7 Å². The molecule has 0 aliphatic rings. The zero-order valence-electron chi connectivity index (χ0n) is 9.02. The maximum atomic E-state index is 11.7. The molecule has 84 valence electrons. The molecule has 0 spiro atoms. The van der Waals surface area contributed by atoms with Crippen LogP contribution in [0.15, 0.2) is 18.3 Å². The van der Waals surface area contributed by atoms with Crippen molar-refractivity contribution in [1.82, 2.24) is 15.2 Å². The van der Waals surface area contributed by atoms with Gasteiger partial charge in [0.05, 0.1) is 0 Å². The standard InChI is InChI=1S/C10H12N4OS/c1-6(2)9-13-14-10(16-9)12-8(15)7-4-3-5-11-7/h3-6,11H,1-2H3,(H,12,14,15). The van der Waals surface area contributed by atoms with Gasteiger partial charge in [-0.15, -0.1) is 10.2 Å². The van der Waals surface area contributed by atoms with Gasteiger partial charge < -0.3 is 4.98 Å². The molecular formula is C10H12N4OS. The number of nitrogens with zero attached hydrogens (tertiary/aromatic N) is 2. The molecule has 0 aliphatic heterocycles. The van der Waals surface area contributed by atoms with Crippen LogP contribution in [0.1, 0.15) is 35.3 Å². The van der Waals surface area contributed by atoms with Crippen LogP contribution >= 0.6 is 11.3 Å². The van der Waals surface area contributed by atoms with Crippen molar-refractivity contribution in [1.29, 1.82) is 0 Å². The zero-order chi connectivity index (χ0) is 11.5. The van der Waals surface area contributed by atoms with E-state index in [4.69, 9.17) is 0 Å². The van der Waals surface area contributed by atoms with Gasteiger partial charge in [-0.2, -0.15) is 0 Å². The van der Waals surface area contributed by atoms with E-state index in [9.17, 15) is 4.79 Å². The lowest BCUT2D eigenvalue weighted by Crippen LogP contribution is -2.11. The summed E-state index contributed by atoms with van der Waals surface area (Å²) in [6.45, 7) is 4.08. The maximum Gasteiger partial charge on any atom is 0.273 e. The van der Waals surface area contributed by atoms with Gasteiger partial charge in [0, 0.05) is 12.1 Å². The number of hydrogen-bond acceptors (Lipinski definition) is 4. The fraction of sp³-hybridized carbons (Fsp3) is 0.300. The predicted octanol–water partition coefficient (Wildman–Crippen LogP) is 2.24. The first-order valence-corrected chi connectivity index (χ1v) is 5.76. The van der Waals surface area contributed by atoms with Crippen molar-refractivity contribution in [3.8, 4) is 0 Å². The molecule has 0 saturated carbocycles. The fourth-order valence-corrected chi connectivity index (χ4v) is 1.90. The minimum Gasteiger partial charge on any atom is -0.357 e. The van der Waals surface area contributed by atoms with Crippen LogP contribution in [0.4, 0.5) is 5.13 Å². The average Bonchev–Trinajstić information content (AvgIpc) is 2.87. The third-order valence-corrected chi connectivity index (χ3v) is 3.14. The molecule has 0 saturated heterocycles. The first kappa shape index (κ1) is 10.8. The van der Waals surface area contributed by atoms with Crippen LogP contribution in [0.5, 0.6) is 0 Å². The first-order chi connectivity index (χ1) is 7.66. The van der Waals surface area contributed by atoms with Crippen molar-refractivity contribution in [3.63, 3.8) is 0 Å². The summed E-state index contributed by atoms with van der Waals surface area (Å²) in [6, 6.07) is 3.48. The lowest BCUT2D eigenvalue weighted by atomic mass is 10.2. The molecule has 0 aromatic carbocycles. The largest absolute Gasteiger partial charge is 0.357 e. The molecule has 0 atom stereocenters. The summed E-state index contributed by atoms with van der Waals surface area (Å²) in [6.07, 6.45) is 1.70. The van der Waals surface area contributed by atoms with E-state index in [-0.39, 0.29) is 5.91 Å². The van der Waals surface area contributed by atoms with E-state index in [1.54, 1.807) is 18.3 Å². The van der Waals surface area contributed by atoms with E-state index < -0.39 is 0 Å². The van der Waals surface area contributed by atoms with Gasteiger partial charge in [-0.05, 0) is 12.1 Å². The van der Waals surface area contributed by atoms with Crippen LogP contribution in [-0.4, -0.2) is 21.1 Å². The van der Waals surface area contributed by atoms with Crippen molar-refractivity contribution in [3.05, 3.63) is 29.0 Å². The van der Waals surface area contributed by atoms with Gasteiger partial charge in [-0.1, -0.05) is 25.2 Å². The Labute approximate surface area is 96.9 Å². The summed E-state index contributed by atoms with van der Waals surface area (Å²) in [5, 5.41) is 12.0. The van der Waals surface area contributed by atoms with Gasteiger partial charge in [0.15, 0.2) is 0 Å². The maximum absolute atomic E-state index is 11.7. The highest BCUT2D eigenvalue weighted by Crippen LogP contribution is 2.22. The fourth-order valence-electron chi connectivity index (χ4n) is 1.15. The third kappa shape index (κ3) is 2.27. The predicted molar refractivity (Wildman–Crippen MR) is 62.7 cm³/mol. The van der Waals surface area contributed by atoms with E-state index in [1.807, 2.05) is 13.8 Å². The molecule has 2 N–H and O–H groups in total. The van der Waals surface area contributed by atoms with Crippen molar-refractivity contribution >= 4 is 22.4 Å². The Morgan fingerprint density at radius 1 is 1.50 bits per heavy atom. The van der Waals surface area contributed by atoms with Gasteiger partial charge >= 0.3 is 0 Å². The second-order valence-corrected chi connectivity index (χ2v) is 4.65. The number of amides is 1. The number of rotatable bonds is 3. The number of aromatic nitrogens is 3. The highest BCUT2D eigenvalue weighted by molar-refractivity contribution is 7.15. The number of nitrogens with one attached hydrogen (secondary N) is 2. The summed E-state index contributed by atoms with van der Waals surface area (Å²) >= 11 is 1.40. The molecule has 2 rings (SSSR count). The van der Waals surface area contributed by atoms with Gasteiger partial charge in [0.1, 0.15) is 10.7 Å². The number of carbonyl (C=O) groups excluding carboxylic acids is 1. The normalized spacial score (nSPS) is 10.7. The molecular weight excluding hydrogens is 224 g/mol. The quantitative estimate of drug-likeness (QED) is 0.858. The van der Waals surface area contributed by atoms with E-state index >= 15 is 0 Å². The Hall–Kier alpha value is -1.69. The third-order valence-electron chi connectivity index (χ3n) is 2.00. The van der Waals surface area contributed by atoms with E-state index in [0.717, 1.165) is 5.01 Å². The number of anilines is 1. The molecule has 0 fully saturated rings. The highest BCUT2D eigenvalue weighted by atomic mass is 32.1. The molecule has 0 unspecified atom stereocenters. The van der Waals surface area contributed by atoms with Gasteiger partial charge in [0.2, 0.25) is 5.13 Å². The smallest absolute Gasteiger partial charge is 0.273 e. The molecule has 1 amide bonds. The lowest BCUT2D eigenvalue weighted by molar-refractivity contribution is 0.102. The van der Waals surface area contributed by atoms with Crippen molar-refractivity contribution in [2.45, 2.75) is 19.8 Å². The Bertz CT molecular complexity index is 475. The van der Waals surface area contributed by atoms with Gasteiger partial charge in [-0.25, -0.2) is 0 Å². The van der Waals surface area contributed by atoms with Gasteiger partial charge in [-0.3, -0.25) is 10.1 Å². The Morgan fingerprint density at radius 2 is 2.31 bits per heavy atom. The van der Waals surface area contributed by atoms with Crippen LogP contribution < -0.4 is 5.32 Å². The van der Waals surface area contributed by atoms with E-state index in [2.05, 4.69) is 20.5 Å². The topological polar surface area (TPSA) is 70.7 Å².